The predicted octanol–water partition coefficient (Wildman–Crippen LogP) is 2.62. The standard InChI is InChI=1S/C15H20O3/c1-2-14(16)17-8-9-18-15-7-6-11(10-15)12-4-3-5-13(12)15/h2,5,11-12H,1,3-4,6-10H2. The molecule has 3 aliphatic carbocycles. The summed E-state index contributed by atoms with van der Waals surface area (Å²) in [5.74, 6) is 1.26. The van der Waals surface area contributed by atoms with Crippen LogP contribution in [-0.4, -0.2) is 24.8 Å². The highest BCUT2D eigenvalue weighted by Gasteiger charge is 2.55. The summed E-state index contributed by atoms with van der Waals surface area (Å²) in [6.07, 6.45) is 9.74. The fraction of sp³-hybridized carbons (Fsp3) is 0.667. The minimum atomic E-state index is -0.371. The molecule has 0 aromatic heterocycles. The topological polar surface area (TPSA) is 35.5 Å². The summed E-state index contributed by atoms with van der Waals surface area (Å²) in [5.41, 5.74) is 1.54. The molecule has 2 bridgehead atoms. The van der Waals surface area contributed by atoms with Crippen LogP contribution >= 0.6 is 0 Å². The van der Waals surface area contributed by atoms with E-state index in [-0.39, 0.29) is 11.6 Å². The molecule has 0 N–H and O–H groups in total. The summed E-state index contributed by atoms with van der Waals surface area (Å²) in [4.78, 5) is 10.9. The van der Waals surface area contributed by atoms with Gasteiger partial charge in [-0.15, -0.1) is 0 Å². The molecule has 0 aromatic carbocycles. The van der Waals surface area contributed by atoms with E-state index in [0.717, 1.165) is 18.3 Å². The zero-order valence-electron chi connectivity index (χ0n) is 10.7. The van der Waals surface area contributed by atoms with Crippen molar-refractivity contribution in [2.24, 2.45) is 11.8 Å². The Morgan fingerprint density at radius 1 is 1.50 bits per heavy atom. The summed E-state index contributed by atoms with van der Waals surface area (Å²) in [6.45, 7) is 4.20. The molecular formula is C15H20O3. The van der Waals surface area contributed by atoms with Crippen LogP contribution in [0.3, 0.4) is 0 Å². The van der Waals surface area contributed by atoms with Crippen molar-refractivity contribution in [1.82, 2.24) is 0 Å². The van der Waals surface area contributed by atoms with Crippen LogP contribution in [0.25, 0.3) is 0 Å². The largest absolute Gasteiger partial charge is 0.460 e. The summed E-state index contributed by atoms with van der Waals surface area (Å²) in [5, 5.41) is 0. The quantitative estimate of drug-likeness (QED) is 0.325. The van der Waals surface area contributed by atoms with Crippen molar-refractivity contribution in [1.29, 1.82) is 0 Å². The van der Waals surface area contributed by atoms with E-state index in [4.69, 9.17) is 9.47 Å². The number of fused-ring (bicyclic) bond motifs is 5. The maximum absolute atomic E-state index is 10.9. The Kier molecular flexibility index (Phi) is 3.02. The first-order valence-electron chi connectivity index (χ1n) is 6.89. The Balaban J connectivity index is 1.56. The fourth-order valence-corrected chi connectivity index (χ4v) is 4.04. The lowest BCUT2D eigenvalue weighted by atomic mass is 9.84. The average Bonchev–Trinajstić information content (AvgIpc) is 3.05. The monoisotopic (exact) mass is 248 g/mol. The van der Waals surface area contributed by atoms with Crippen molar-refractivity contribution in [3.63, 3.8) is 0 Å². The molecular weight excluding hydrogens is 228 g/mol. The molecule has 0 amide bonds. The molecule has 3 heteroatoms. The van der Waals surface area contributed by atoms with Gasteiger partial charge in [0.05, 0.1) is 12.2 Å². The highest BCUT2D eigenvalue weighted by molar-refractivity contribution is 5.81. The van der Waals surface area contributed by atoms with Crippen LogP contribution in [0.4, 0.5) is 0 Å². The van der Waals surface area contributed by atoms with E-state index in [9.17, 15) is 4.79 Å². The van der Waals surface area contributed by atoms with Crippen LogP contribution in [0.1, 0.15) is 32.1 Å². The molecule has 3 aliphatic rings. The zero-order chi connectivity index (χ0) is 12.6. The highest BCUT2D eigenvalue weighted by Crippen LogP contribution is 2.60. The van der Waals surface area contributed by atoms with Gasteiger partial charge in [-0.2, -0.15) is 0 Å². The van der Waals surface area contributed by atoms with E-state index in [1.54, 1.807) is 5.57 Å². The van der Waals surface area contributed by atoms with E-state index in [2.05, 4.69) is 12.7 Å². The first-order valence-corrected chi connectivity index (χ1v) is 6.89. The van der Waals surface area contributed by atoms with Crippen molar-refractivity contribution in [3.05, 3.63) is 24.3 Å². The van der Waals surface area contributed by atoms with Crippen LogP contribution in [-0.2, 0) is 14.3 Å². The van der Waals surface area contributed by atoms with Gasteiger partial charge in [0, 0.05) is 6.08 Å². The molecule has 3 unspecified atom stereocenters. The molecule has 0 saturated heterocycles. The van der Waals surface area contributed by atoms with Gasteiger partial charge >= 0.3 is 5.97 Å². The summed E-state index contributed by atoms with van der Waals surface area (Å²) >= 11 is 0. The summed E-state index contributed by atoms with van der Waals surface area (Å²) < 4.78 is 11.1. The molecule has 18 heavy (non-hydrogen) atoms. The summed E-state index contributed by atoms with van der Waals surface area (Å²) in [7, 11) is 0. The SMILES string of the molecule is C=CC(=O)OCCOC12CCC(C1)C1CCC=C12. The molecule has 3 atom stereocenters. The van der Waals surface area contributed by atoms with Gasteiger partial charge in [-0.3, -0.25) is 0 Å². The van der Waals surface area contributed by atoms with Crippen molar-refractivity contribution in [2.75, 3.05) is 13.2 Å². The molecule has 2 fully saturated rings. The molecule has 3 rings (SSSR count). The van der Waals surface area contributed by atoms with E-state index >= 15 is 0 Å². The smallest absolute Gasteiger partial charge is 0.330 e. The number of rotatable bonds is 5. The molecule has 0 spiro atoms. The van der Waals surface area contributed by atoms with Gasteiger partial charge < -0.3 is 9.47 Å². The minimum Gasteiger partial charge on any atom is -0.460 e. The number of ether oxygens (including phenoxy) is 2. The number of carbonyl (C=O) groups is 1. The van der Waals surface area contributed by atoms with Gasteiger partial charge in [-0.1, -0.05) is 12.7 Å². The molecule has 2 saturated carbocycles. The van der Waals surface area contributed by atoms with E-state index < -0.39 is 0 Å². The first kappa shape index (κ1) is 12.0. The lowest BCUT2D eigenvalue weighted by Gasteiger charge is -2.31. The number of hydrogen-bond acceptors (Lipinski definition) is 3. The van der Waals surface area contributed by atoms with E-state index in [0.29, 0.717) is 13.2 Å². The number of carbonyl (C=O) groups excluding carboxylic acids is 1. The van der Waals surface area contributed by atoms with Crippen LogP contribution in [0.2, 0.25) is 0 Å². The van der Waals surface area contributed by atoms with Crippen molar-refractivity contribution >= 4 is 5.97 Å². The molecule has 0 aromatic rings. The van der Waals surface area contributed by atoms with Gasteiger partial charge in [-0.25, -0.2) is 4.79 Å². The third-order valence-electron chi connectivity index (χ3n) is 4.72. The van der Waals surface area contributed by atoms with Gasteiger partial charge in [0.2, 0.25) is 0 Å². The van der Waals surface area contributed by atoms with Gasteiger partial charge in [0.1, 0.15) is 6.61 Å². The van der Waals surface area contributed by atoms with Crippen LogP contribution in [0, 0.1) is 11.8 Å². The van der Waals surface area contributed by atoms with Crippen LogP contribution in [0.5, 0.6) is 0 Å². The molecule has 0 heterocycles. The van der Waals surface area contributed by atoms with Gasteiger partial charge in [-0.05, 0) is 49.5 Å². The molecule has 98 valence electrons. The molecule has 3 nitrogen and oxygen atoms in total. The van der Waals surface area contributed by atoms with Gasteiger partial charge in [0.15, 0.2) is 0 Å². The first-order chi connectivity index (χ1) is 8.75. The Hall–Kier alpha value is -1.09. The average molecular weight is 248 g/mol. The lowest BCUT2D eigenvalue weighted by Crippen LogP contribution is -2.32. The normalized spacial score (nSPS) is 36.3. The van der Waals surface area contributed by atoms with Crippen molar-refractivity contribution < 1.29 is 14.3 Å². The zero-order valence-corrected chi connectivity index (χ0v) is 10.7. The molecule has 0 aliphatic heterocycles. The van der Waals surface area contributed by atoms with Crippen LogP contribution in [0.15, 0.2) is 24.3 Å². The number of hydrogen-bond donors (Lipinski definition) is 0. The number of allylic oxidation sites excluding steroid dienone is 1. The van der Waals surface area contributed by atoms with Gasteiger partial charge in [0.25, 0.3) is 0 Å². The van der Waals surface area contributed by atoms with Crippen molar-refractivity contribution in [2.45, 2.75) is 37.7 Å². The maximum Gasteiger partial charge on any atom is 0.330 e. The molecule has 0 radical (unpaired) electrons. The Bertz CT molecular complexity index is 399. The van der Waals surface area contributed by atoms with Crippen molar-refractivity contribution in [3.8, 4) is 0 Å². The lowest BCUT2D eigenvalue weighted by molar-refractivity contribution is -0.141. The van der Waals surface area contributed by atoms with E-state index in [1.165, 1.54) is 31.8 Å². The second-order valence-electron chi connectivity index (χ2n) is 5.56. The number of esters is 1. The second kappa shape index (κ2) is 4.54. The predicted molar refractivity (Wildman–Crippen MR) is 68.0 cm³/mol. The maximum atomic E-state index is 10.9. The minimum absolute atomic E-state index is 0.00752. The Morgan fingerprint density at radius 3 is 3.22 bits per heavy atom. The highest BCUT2D eigenvalue weighted by atomic mass is 16.6. The summed E-state index contributed by atoms with van der Waals surface area (Å²) in [6, 6.07) is 0. The van der Waals surface area contributed by atoms with E-state index in [1.807, 2.05) is 0 Å². The fourth-order valence-electron chi connectivity index (χ4n) is 4.04. The Labute approximate surface area is 108 Å². The third-order valence-corrected chi connectivity index (χ3v) is 4.72. The third kappa shape index (κ3) is 1.81. The van der Waals surface area contributed by atoms with Crippen LogP contribution < -0.4 is 0 Å². The second-order valence-corrected chi connectivity index (χ2v) is 5.56. The Morgan fingerprint density at radius 2 is 2.39 bits per heavy atom.